The summed E-state index contributed by atoms with van der Waals surface area (Å²) in [6.45, 7) is 14.2. The maximum atomic E-state index is 12.8. The zero-order valence-electron chi connectivity index (χ0n) is 20.7. The van der Waals surface area contributed by atoms with Crippen molar-refractivity contribution in [3.8, 4) is 0 Å². The minimum absolute atomic E-state index is 0.0613. The Morgan fingerprint density at radius 1 is 1.30 bits per heavy atom. The number of aliphatic imine (C=N–C) groups is 2. The maximum absolute atomic E-state index is 12.8. The lowest BCUT2D eigenvalue weighted by molar-refractivity contribution is -0.115. The maximum Gasteiger partial charge on any atom is 0.265 e. The average molecular weight is 451 g/mol. The molecule has 0 bridgehead atoms. The molecular weight excluding hydrogens is 412 g/mol. The number of carbonyl (C=O) groups excluding carboxylic acids is 1. The monoisotopic (exact) mass is 450 g/mol. The molecule has 7 nitrogen and oxygen atoms in total. The van der Waals surface area contributed by atoms with Crippen molar-refractivity contribution in [1.82, 2.24) is 16.0 Å². The summed E-state index contributed by atoms with van der Waals surface area (Å²) in [5.41, 5.74) is 6.13. The van der Waals surface area contributed by atoms with Crippen molar-refractivity contribution in [1.29, 1.82) is 0 Å². The van der Waals surface area contributed by atoms with Gasteiger partial charge in [-0.3, -0.25) is 4.79 Å². The van der Waals surface area contributed by atoms with Crippen LogP contribution in [0.25, 0.3) is 0 Å². The van der Waals surface area contributed by atoms with Gasteiger partial charge >= 0.3 is 0 Å². The zero-order valence-corrected chi connectivity index (χ0v) is 20.7. The molecule has 0 aromatic heterocycles. The second-order valence-electron chi connectivity index (χ2n) is 9.97. The molecule has 0 spiro atoms. The highest BCUT2D eigenvalue weighted by Gasteiger charge is 2.42. The molecule has 1 fully saturated rings. The lowest BCUT2D eigenvalue weighted by Gasteiger charge is -2.32. The zero-order chi connectivity index (χ0) is 23.6. The molecule has 2 atom stereocenters. The van der Waals surface area contributed by atoms with Crippen LogP contribution >= 0.6 is 0 Å². The van der Waals surface area contributed by atoms with Crippen LogP contribution in [0.1, 0.15) is 58.1 Å². The van der Waals surface area contributed by atoms with E-state index in [9.17, 15) is 4.79 Å². The number of rotatable bonds is 6. The first kappa shape index (κ1) is 23.5. The predicted octanol–water partition coefficient (Wildman–Crippen LogP) is 3.25. The number of nitrogens with one attached hydrogen (secondary N) is 3. The van der Waals surface area contributed by atoms with Gasteiger partial charge in [-0.2, -0.15) is 0 Å². The Kier molecular flexibility index (Phi) is 6.88. The number of carbonyl (C=O) groups is 1. The first-order chi connectivity index (χ1) is 15.8. The molecule has 7 heteroatoms. The van der Waals surface area contributed by atoms with E-state index in [1.165, 1.54) is 16.8 Å². The van der Waals surface area contributed by atoms with Gasteiger partial charge in [-0.25, -0.2) is 9.98 Å². The largest absolute Gasteiger partial charge is 0.351 e. The SMILES string of the molecule is CCC1(C)CN(C2N=CNC(C)=C2N=C(C)C(=O)NCC2CCNCC2)c2ccc(C)cc21. The van der Waals surface area contributed by atoms with Gasteiger partial charge < -0.3 is 20.9 Å². The average Bonchev–Trinajstić information content (AvgIpc) is 3.11. The highest BCUT2D eigenvalue weighted by molar-refractivity contribution is 6.38. The summed E-state index contributed by atoms with van der Waals surface area (Å²) in [6.07, 6.45) is 4.75. The minimum Gasteiger partial charge on any atom is -0.351 e. The van der Waals surface area contributed by atoms with Crippen LogP contribution in [0.15, 0.2) is 39.6 Å². The smallest absolute Gasteiger partial charge is 0.265 e. The van der Waals surface area contributed by atoms with E-state index < -0.39 is 0 Å². The first-order valence-corrected chi connectivity index (χ1v) is 12.2. The summed E-state index contributed by atoms with van der Waals surface area (Å²) in [5, 5.41) is 9.66. The number of piperidine rings is 1. The number of hydrogen-bond acceptors (Lipinski definition) is 6. The third kappa shape index (κ3) is 4.83. The number of anilines is 1. The lowest BCUT2D eigenvalue weighted by atomic mass is 9.81. The molecule has 1 amide bonds. The second kappa shape index (κ2) is 9.67. The van der Waals surface area contributed by atoms with E-state index in [1.807, 2.05) is 6.92 Å². The van der Waals surface area contributed by atoms with E-state index in [-0.39, 0.29) is 17.5 Å². The summed E-state index contributed by atoms with van der Waals surface area (Å²) < 4.78 is 0. The van der Waals surface area contributed by atoms with Crippen molar-refractivity contribution in [2.45, 2.75) is 65.5 Å². The Hall–Kier alpha value is -2.67. The molecule has 0 radical (unpaired) electrons. The topological polar surface area (TPSA) is 81.1 Å². The van der Waals surface area contributed by atoms with E-state index in [0.717, 1.165) is 50.3 Å². The van der Waals surface area contributed by atoms with Crippen molar-refractivity contribution in [3.05, 3.63) is 40.7 Å². The fraction of sp³-hybridized carbons (Fsp3) is 0.577. The molecule has 2 unspecified atom stereocenters. The normalized spacial score (nSPS) is 25.8. The van der Waals surface area contributed by atoms with Crippen LogP contribution in [0.5, 0.6) is 0 Å². The predicted molar refractivity (Wildman–Crippen MR) is 136 cm³/mol. The van der Waals surface area contributed by atoms with Crippen molar-refractivity contribution in [2.75, 3.05) is 31.1 Å². The number of nitrogens with zero attached hydrogens (tertiary/aromatic N) is 3. The van der Waals surface area contributed by atoms with Crippen molar-refractivity contribution in [3.63, 3.8) is 0 Å². The van der Waals surface area contributed by atoms with Gasteiger partial charge in [-0.05, 0) is 70.7 Å². The van der Waals surface area contributed by atoms with E-state index in [0.29, 0.717) is 18.2 Å². The number of aryl methyl sites for hydroxylation is 1. The molecule has 3 aliphatic rings. The van der Waals surface area contributed by atoms with E-state index in [4.69, 9.17) is 9.98 Å². The Morgan fingerprint density at radius 3 is 2.79 bits per heavy atom. The molecule has 0 aliphatic carbocycles. The number of allylic oxidation sites excluding steroid dienone is 1. The summed E-state index contributed by atoms with van der Waals surface area (Å²) >= 11 is 0. The van der Waals surface area contributed by atoms with Crippen LogP contribution in [-0.2, 0) is 10.2 Å². The molecule has 3 aliphatic heterocycles. The van der Waals surface area contributed by atoms with Crippen LogP contribution in [0, 0.1) is 12.8 Å². The Balaban J connectivity index is 1.56. The van der Waals surface area contributed by atoms with Gasteiger partial charge in [0.1, 0.15) is 11.4 Å². The van der Waals surface area contributed by atoms with Crippen molar-refractivity contribution in [2.24, 2.45) is 15.9 Å². The van der Waals surface area contributed by atoms with Crippen LogP contribution in [0.3, 0.4) is 0 Å². The summed E-state index contributed by atoms with van der Waals surface area (Å²) in [5.74, 6) is 0.437. The van der Waals surface area contributed by atoms with Crippen LogP contribution in [0.4, 0.5) is 5.69 Å². The molecule has 33 heavy (non-hydrogen) atoms. The highest BCUT2D eigenvalue weighted by Crippen LogP contribution is 2.45. The Morgan fingerprint density at radius 2 is 2.06 bits per heavy atom. The van der Waals surface area contributed by atoms with Gasteiger partial charge in [0.15, 0.2) is 6.17 Å². The van der Waals surface area contributed by atoms with Crippen molar-refractivity contribution < 1.29 is 4.79 Å². The highest BCUT2D eigenvalue weighted by atomic mass is 16.1. The Bertz CT molecular complexity index is 990. The van der Waals surface area contributed by atoms with E-state index >= 15 is 0 Å². The van der Waals surface area contributed by atoms with Gasteiger partial charge in [0.05, 0.1) is 6.34 Å². The molecule has 1 aromatic carbocycles. The van der Waals surface area contributed by atoms with Crippen molar-refractivity contribution >= 4 is 23.6 Å². The quantitative estimate of drug-likeness (QED) is 0.581. The number of fused-ring (bicyclic) bond motifs is 1. The number of amides is 1. The first-order valence-electron chi connectivity index (χ1n) is 12.2. The summed E-state index contributed by atoms with van der Waals surface area (Å²) in [6, 6.07) is 6.68. The summed E-state index contributed by atoms with van der Waals surface area (Å²) in [7, 11) is 0. The van der Waals surface area contributed by atoms with Crippen LogP contribution < -0.4 is 20.9 Å². The standard InChI is InChI=1S/C26H38N6O/c1-6-26(5)15-32(22-8-7-17(2)13-21(22)26)24-23(18(3)29-16-30-24)31-19(4)25(33)28-14-20-9-11-27-12-10-20/h7-8,13,16,20,24,27H,6,9-12,14-15H2,1-5H3,(H,28,33)(H,29,30). The molecular formula is C26H38N6O. The molecule has 0 saturated carbocycles. The molecule has 4 rings (SSSR count). The number of hydrogen-bond donors (Lipinski definition) is 3. The molecule has 178 valence electrons. The lowest BCUT2D eigenvalue weighted by Crippen LogP contribution is -2.42. The fourth-order valence-corrected chi connectivity index (χ4v) is 5.05. The summed E-state index contributed by atoms with van der Waals surface area (Å²) in [4.78, 5) is 24.8. The molecule has 3 N–H and O–H groups in total. The van der Waals surface area contributed by atoms with Gasteiger partial charge in [-0.1, -0.05) is 31.5 Å². The van der Waals surface area contributed by atoms with Crippen LogP contribution in [-0.4, -0.2) is 50.3 Å². The number of benzene rings is 1. The third-order valence-corrected chi connectivity index (χ3v) is 7.46. The molecule has 1 saturated heterocycles. The molecule has 3 heterocycles. The Labute approximate surface area is 197 Å². The van der Waals surface area contributed by atoms with E-state index in [2.05, 4.69) is 59.8 Å². The third-order valence-electron chi connectivity index (χ3n) is 7.46. The van der Waals surface area contributed by atoms with Gasteiger partial charge in [0.25, 0.3) is 5.91 Å². The van der Waals surface area contributed by atoms with Gasteiger partial charge in [-0.15, -0.1) is 0 Å². The van der Waals surface area contributed by atoms with Gasteiger partial charge in [0, 0.05) is 29.9 Å². The van der Waals surface area contributed by atoms with Gasteiger partial charge in [0.2, 0.25) is 0 Å². The minimum atomic E-state index is -0.256. The van der Waals surface area contributed by atoms with Crippen LogP contribution in [0.2, 0.25) is 0 Å². The molecule has 1 aromatic rings. The second-order valence-corrected chi connectivity index (χ2v) is 9.97. The fourth-order valence-electron chi connectivity index (χ4n) is 5.05. The van der Waals surface area contributed by atoms with E-state index in [1.54, 1.807) is 13.3 Å².